The molecule has 0 saturated carbocycles. The number of amides is 1. The van der Waals surface area contributed by atoms with Crippen molar-refractivity contribution in [3.8, 4) is 0 Å². The summed E-state index contributed by atoms with van der Waals surface area (Å²) >= 11 is 0. The lowest BCUT2D eigenvalue weighted by molar-refractivity contribution is 0.0600. The highest BCUT2D eigenvalue weighted by Crippen LogP contribution is 2.11. The number of rotatable bonds is 4. The molecule has 0 unspecified atom stereocenters. The van der Waals surface area contributed by atoms with Crippen molar-refractivity contribution in [1.29, 1.82) is 0 Å². The molecule has 0 spiro atoms. The first kappa shape index (κ1) is 15.4. The topological polar surface area (TPSA) is 96.4 Å². The number of nitrogens with one attached hydrogen (secondary N) is 2. The molecule has 1 amide bonds. The molecule has 1 aromatic heterocycles. The number of aromatic nitrogens is 2. The highest BCUT2D eigenvalue weighted by Gasteiger charge is 2.06. The summed E-state index contributed by atoms with van der Waals surface area (Å²) in [5.41, 5.74) is 5.70. The van der Waals surface area contributed by atoms with Crippen LogP contribution in [0.25, 0.3) is 11.0 Å². The van der Waals surface area contributed by atoms with Gasteiger partial charge in [0.2, 0.25) is 0 Å². The SMILES string of the molecule is COC(=O)c1ccc(C=NNC(=O)c2ccc3nc[nH]c3c2)cc1. The monoisotopic (exact) mass is 322 g/mol. The van der Waals surface area contributed by atoms with Crippen molar-refractivity contribution in [2.75, 3.05) is 7.11 Å². The molecule has 0 bridgehead atoms. The van der Waals surface area contributed by atoms with Crippen LogP contribution in [0, 0.1) is 0 Å². The lowest BCUT2D eigenvalue weighted by Crippen LogP contribution is -2.17. The fraction of sp³-hybridized carbons (Fsp3) is 0.0588. The van der Waals surface area contributed by atoms with Crippen LogP contribution in [-0.4, -0.2) is 35.2 Å². The third-order valence-corrected chi connectivity index (χ3v) is 3.39. The smallest absolute Gasteiger partial charge is 0.337 e. The van der Waals surface area contributed by atoms with Crippen LogP contribution in [0.15, 0.2) is 53.9 Å². The van der Waals surface area contributed by atoms with Crippen molar-refractivity contribution >= 4 is 29.1 Å². The summed E-state index contributed by atoms with van der Waals surface area (Å²) in [7, 11) is 1.33. The predicted molar refractivity (Wildman–Crippen MR) is 88.9 cm³/mol. The molecule has 0 atom stereocenters. The molecule has 3 aromatic rings. The number of esters is 1. The van der Waals surface area contributed by atoms with E-state index in [4.69, 9.17) is 0 Å². The Hall–Kier alpha value is -3.48. The molecule has 0 fully saturated rings. The Bertz CT molecular complexity index is 913. The van der Waals surface area contributed by atoms with Crippen LogP contribution < -0.4 is 5.43 Å². The molecule has 7 nitrogen and oxygen atoms in total. The summed E-state index contributed by atoms with van der Waals surface area (Å²) in [6.45, 7) is 0. The Kier molecular flexibility index (Phi) is 4.33. The number of methoxy groups -OCH3 is 1. The van der Waals surface area contributed by atoms with Gasteiger partial charge in [-0.15, -0.1) is 0 Å². The molecule has 2 aromatic carbocycles. The minimum atomic E-state index is -0.402. The third-order valence-electron chi connectivity index (χ3n) is 3.39. The first-order valence-electron chi connectivity index (χ1n) is 7.12. The molecule has 0 saturated heterocycles. The van der Waals surface area contributed by atoms with Crippen molar-refractivity contribution in [3.63, 3.8) is 0 Å². The Morgan fingerprint density at radius 3 is 2.67 bits per heavy atom. The third kappa shape index (κ3) is 3.30. The van der Waals surface area contributed by atoms with Gasteiger partial charge in [0.1, 0.15) is 0 Å². The van der Waals surface area contributed by atoms with Crippen LogP contribution in [0.5, 0.6) is 0 Å². The number of aromatic amines is 1. The number of hydrazone groups is 1. The van der Waals surface area contributed by atoms with E-state index in [1.165, 1.54) is 13.3 Å². The lowest BCUT2D eigenvalue weighted by Gasteiger charge is -2.01. The maximum atomic E-state index is 12.1. The highest BCUT2D eigenvalue weighted by atomic mass is 16.5. The fourth-order valence-electron chi connectivity index (χ4n) is 2.13. The molecule has 7 heteroatoms. The molecule has 1 heterocycles. The highest BCUT2D eigenvalue weighted by molar-refractivity contribution is 5.97. The maximum Gasteiger partial charge on any atom is 0.337 e. The quantitative estimate of drug-likeness (QED) is 0.437. The Morgan fingerprint density at radius 2 is 1.92 bits per heavy atom. The minimum Gasteiger partial charge on any atom is -0.465 e. The number of carbonyl (C=O) groups excluding carboxylic acids is 2. The van der Waals surface area contributed by atoms with E-state index in [2.05, 4.69) is 25.2 Å². The standard InChI is InChI=1S/C17H14N4O3/c1-24-17(23)12-4-2-11(3-5-12)9-20-21-16(22)13-6-7-14-15(8-13)19-10-18-14/h2-10H,1H3,(H,18,19)(H,21,22). The second-order valence-corrected chi connectivity index (χ2v) is 4.95. The van der Waals surface area contributed by atoms with E-state index < -0.39 is 5.97 Å². The van der Waals surface area contributed by atoms with Gasteiger partial charge in [-0.25, -0.2) is 15.2 Å². The first-order chi connectivity index (χ1) is 11.7. The number of fused-ring (bicyclic) bond motifs is 1. The second kappa shape index (κ2) is 6.74. The van der Waals surface area contributed by atoms with Crippen molar-refractivity contribution in [2.24, 2.45) is 5.10 Å². The van der Waals surface area contributed by atoms with Gasteiger partial charge < -0.3 is 9.72 Å². The van der Waals surface area contributed by atoms with Crippen molar-refractivity contribution < 1.29 is 14.3 Å². The van der Waals surface area contributed by atoms with E-state index in [-0.39, 0.29) is 5.91 Å². The van der Waals surface area contributed by atoms with Crippen molar-refractivity contribution in [1.82, 2.24) is 15.4 Å². The zero-order chi connectivity index (χ0) is 16.9. The summed E-state index contributed by atoms with van der Waals surface area (Å²) in [4.78, 5) is 30.4. The van der Waals surface area contributed by atoms with Gasteiger partial charge in [-0.3, -0.25) is 4.79 Å². The summed E-state index contributed by atoms with van der Waals surface area (Å²) < 4.78 is 4.63. The van der Waals surface area contributed by atoms with Crippen LogP contribution in [0.1, 0.15) is 26.3 Å². The molecule has 120 valence electrons. The van der Waals surface area contributed by atoms with Crippen molar-refractivity contribution in [3.05, 3.63) is 65.5 Å². The van der Waals surface area contributed by atoms with Crippen LogP contribution >= 0.6 is 0 Å². The Morgan fingerprint density at radius 1 is 1.17 bits per heavy atom. The maximum absolute atomic E-state index is 12.1. The Balaban J connectivity index is 1.64. The average Bonchev–Trinajstić information content (AvgIpc) is 3.09. The largest absolute Gasteiger partial charge is 0.465 e. The van der Waals surface area contributed by atoms with Gasteiger partial charge in [-0.2, -0.15) is 5.10 Å². The second-order valence-electron chi connectivity index (χ2n) is 4.95. The van der Waals surface area contributed by atoms with Gasteiger partial charge in [0, 0.05) is 5.56 Å². The van der Waals surface area contributed by atoms with Crippen molar-refractivity contribution in [2.45, 2.75) is 0 Å². The van der Waals surface area contributed by atoms with Gasteiger partial charge in [0.15, 0.2) is 0 Å². The summed E-state index contributed by atoms with van der Waals surface area (Å²) in [6.07, 6.45) is 3.07. The number of benzene rings is 2. The number of nitrogens with zero attached hydrogens (tertiary/aromatic N) is 2. The van der Waals surface area contributed by atoms with Crippen LogP contribution in [0.2, 0.25) is 0 Å². The van der Waals surface area contributed by atoms with E-state index in [0.29, 0.717) is 11.1 Å². The van der Waals surface area contributed by atoms with Gasteiger partial charge >= 0.3 is 5.97 Å². The van der Waals surface area contributed by atoms with Gasteiger partial charge in [-0.1, -0.05) is 12.1 Å². The van der Waals surface area contributed by atoms with E-state index >= 15 is 0 Å². The van der Waals surface area contributed by atoms with E-state index in [1.807, 2.05) is 0 Å². The fourth-order valence-corrected chi connectivity index (χ4v) is 2.13. The number of hydrogen-bond donors (Lipinski definition) is 2. The normalized spacial score (nSPS) is 10.9. The molecule has 2 N–H and O–H groups in total. The number of ether oxygens (including phenoxy) is 1. The summed E-state index contributed by atoms with van der Waals surface area (Å²) in [5, 5.41) is 3.91. The van der Waals surface area contributed by atoms with Crippen LogP contribution in [-0.2, 0) is 4.74 Å². The van der Waals surface area contributed by atoms with E-state index in [1.54, 1.807) is 48.8 Å². The lowest BCUT2D eigenvalue weighted by atomic mass is 10.1. The molecule has 0 radical (unpaired) electrons. The van der Waals surface area contributed by atoms with Gasteiger partial charge in [-0.05, 0) is 35.9 Å². The first-order valence-corrected chi connectivity index (χ1v) is 7.12. The van der Waals surface area contributed by atoms with E-state index in [9.17, 15) is 9.59 Å². The molecule has 3 rings (SSSR count). The number of hydrogen-bond acceptors (Lipinski definition) is 5. The predicted octanol–water partition coefficient (Wildman–Crippen LogP) is 2.11. The van der Waals surface area contributed by atoms with Crippen LogP contribution in [0.4, 0.5) is 0 Å². The zero-order valence-corrected chi connectivity index (χ0v) is 12.8. The summed E-state index contributed by atoms with van der Waals surface area (Å²) in [5.74, 6) is -0.727. The van der Waals surface area contributed by atoms with E-state index in [0.717, 1.165) is 16.6 Å². The number of H-pyrrole nitrogens is 1. The molecular formula is C17H14N4O3. The molecule has 0 aliphatic rings. The summed E-state index contributed by atoms with van der Waals surface area (Å²) in [6, 6.07) is 11.8. The molecule has 0 aliphatic carbocycles. The Labute approximate surface area is 137 Å². The van der Waals surface area contributed by atoms with Crippen LogP contribution in [0.3, 0.4) is 0 Å². The molecule has 0 aliphatic heterocycles. The molecule has 24 heavy (non-hydrogen) atoms. The average molecular weight is 322 g/mol. The van der Waals surface area contributed by atoms with Gasteiger partial charge in [0.05, 0.1) is 36.2 Å². The molecular weight excluding hydrogens is 308 g/mol. The number of carbonyl (C=O) groups is 2. The van der Waals surface area contributed by atoms with Gasteiger partial charge in [0.25, 0.3) is 5.91 Å². The number of imidazole rings is 1. The minimum absolute atomic E-state index is 0.325. The zero-order valence-electron chi connectivity index (χ0n) is 12.8.